The first kappa shape index (κ1) is 18.5. The number of rotatable bonds is 6. The number of aromatic nitrogens is 2. The summed E-state index contributed by atoms with van der Waals surface area (Å²) in [6.07, 6.45) is 0.205. The zero-order chi connectivity index (χ0) is 18.7. The van der Waals surface area contributed by atoms with Gasteiger partial charge in [0, 0.05) is 18.5 Å². The smallest absolute Gasteiger partial charge is 0.240 e. The van der Waals surface area contributed by atoms with Gasteiger partial charge >= 0.3 is 0 Å². The molecule has 0 amide bonds. The third-order valence-corrected chi connectivity index (χ3v) is 5.44. The summed E-state index contributed by atoms with van der Waals surface area (Å²) in [4.78, 5) is 4.21. The van der Waals surface area contributed by atoms with E-state index in [4.69, 9.17) is 16.1 Å². The maximum atomic E-state index is 13.3. The second kappa shape index (κ2) is 7.53. The fourth-order valence-corrected chi connectivity index (χ4v) is 3.61. The van der Waals surface area contributed by atoms with Gasteiger partial charge in [-0.1, -0.05) is 28.9 Å². The first-order valence-corrected chi connectivity index (χ1v) is 9.56. The molecule has 0 saturated carbocycles. The van der Waals surface area contributed by atoms with Crippen molar-refractivity contribution in [1.82, 2.24) is 14.9 Å². The van der Waals surface area contributed by atoms with E-state index in [-0.39, 0.29) is 29.3 Å². The number of nitrogens with one attached hydrogen (secondary N) is 1. The Balaban J connectivity index is 1.65. The van der Waals surface area contributed by atoms with E-state index in [1.807, 2.05) is 0 Å². The average Bonchev–Trinajstić information content (AvgIpc) is 3.06. The molecular weight excluding hydrogens is 381 g/mol. The van der Waals surface area contributed by atoms with Crippen LogP contribution in [0.3, 0.4) is 0 Å². The lowest BCUT2D eigenvalue weighted by atomic mass is 10.2. The lowest BCUT2D eigenvalue weighted by Crippen LogP contribution is -2.26. The van der Waals surface area contributed by atoms with Gasteiger partial charge in [0.25, 0.3) is 0 Å². The Labute approximate surface area is 155 Å². The molecule has 1 aromatic heterocycles. The summed E-state index contributed by atoms with van der Waals surface area (Å²) in [5.41, 5.74) is 0.890. The van der Waals surface area contributed by atoms with Gasteiger partial charge in [-0.2, -0.15) is 4.98 Å². The van der Waals surface area contributed by atoms with Crippen LogP contribution in [-0.2, 0) is 16.4 Å². The van der Waals surface area contributed by atoms with Gasteiger partial charge in [-0.15, -0.1) is 0 Å². The van der Waals surface area contributed by atoms with Gasteiger partial charge in [-0.05, 0) is 42.8 Å². The third kappa shape index (κ3) is 4.09. The molecule has 0 aliphatic heterocycles. The lowest BCUT2D eigenvalue weighted by Gasteiger charge is -2.06. The fourth-order valence-electron chi connectivity index (χ4n) is 2.27. The molecule has 1 N–H and O–H groups in total. The maximum absolute atomic E-state index is 13.3. The van der Waals surface area contributed by atoms with E-state index in [0.29, 0.717) is 16.4 Å². The second-order valence-corrected chi connectivity index (χ2v) is 7.72. The summed E-state index contributed by atoms with van der Waals surface area (Å²) >= 11 is 6.08. The molecule has 0 aliphatic carbocycles. The monoisotopic (exact) mass is 395 g/mol. The van der Waals surface area contributed by atoms with Gasteiger partial charge < -0.3 is 4.52 Å². The van der Waals surface area contributed by atoms with Crippen LogP contribution in [-0.4, -0.2) is 25.1 Å². The van der Waals surface area contributed by atoms with Crippen LogP contribution in [0.4, 0.5) is 4.39 Å². The Hall–Kier alpha value is -2.29. The van der Waals surface area contributed by atoms with Crippen molar-refractivity contribution in [2.24, 2.45) is 0 Å². The van der Waals surface area contributed by atoms with Crippen LogP contribution in [0, 0.1) is 12.7 Å². The summed E-state index contributed by atoms with van der Waals surface area (Å²) in [6, 6.07) is 10.7. The summed E-state index contributed by atoms with van der Waals surface area (Å²) < 4.78 is 45.3. The number of halogens is 2. The summed E-state index contributed by atoms with van der Waals surface area (Å²) in [6.45, 7) is 1.56. The normalized spacial score (nSPS) is 11.7. The first-order valence-electron chi connectivity index (χ1n) is 7.70. The topological polar surface area (TPSA) is 85.1 Å². The van der Waals surface area contributed by atoms with Crippen LogP contribution in [0.5, 0.6) is 0 Å². The van der Waals surface area contributed by atoms with E-state index in [0.717, 1.165) is 6.07 Å². The van der Waals surface area contributed by atoms with Gasteiger partial charge in [0.05, 0.1) is 9.92 Å². The molecule has 0 aliphatic rings. The molecule has 0 spiro atoms. The van der Waals surface area contributed by atoms with Crippen LogP contribution in [0.1, 0.15) is 11.5 Å². The average molecular weight is 396 g/mol. The minimum absolute atomic E-state index is 0.00122. The molecule has 0 bridgehead atoms. The summed E-state index contributed by atoms with van der Waals surface area (Å²) in [5.74, 6) is 0.155. The Morgan fingerprint density at radius 2 is 2.00 bits per heavy atom. The Morgan fingerprint density at radius 3 is 2.73 bits per heavy atom. The molecule has 9 heteroatoms. The maximum Gasteiger partial charge on any atom is 0.240 e. The van der Waals surface area contributed by atoms with Crippen LogP contribution in [0.25, 0.3) is 11.4 Å². The van der Waals surface area contributed by atoms with Crippen molar-refractivity contribution in [2.75, 3.05) is 6.54 Å². The quantitative estimate of drug-likeness (QED) is 0.691. The van der Waals surface area contributed by atoms with Gasteiger partial charge in [-0.25, -0.2) is 17.5 Å². The van der Waals surface area contributed by atoms with Crippen molar-refractivity contribution in [3.8, 4) is 11.4 Å². The zero-order valence-electron chi connectivity index (χ0n) is 13.7. The van der Waals surface area contributed by atoms with Gasteiger partial charge in [0.15, 0.2) is 0 Å². The van der Waals surface area contributed by atoms with E-state index in [9.17, 15) is 12.8 Å². The predicted molar refractivity (Wildman–Crippen MR) is 94.8 cm³/mol. The number of aryl methyl sites for hydroxylation is 1. The Bertz CT molecular complexity index is 1040. The molecule has 0 fully saturated rings. The van der Waals surface area contributed by atoms with E-state index < -0.39 is 15.8 Å². The van der Waals surface area contributed by atoms with Crippen molar-refractivity contribution in [2.45, 2.75) is 18.2 Å². The molecule has 0 atom stereocenters. The van der Waals surface area contributed by atoms with Crippen molar-refractivity contribution >= 4 is 21.6 Å². The van der Waals surface area contributed by atoms with Crippen LogP contribution < -0.4 is 4.72 Å². The standard InChI is InChI=1S/C17H15ClFN3O3S/c1-11-10-12(6-7-15(11)19)26(23,24)20-9-8-16-21-17(22-25-16)13-4-2-3-5-14(13)18/h2-7,10,20H,8-9H2,1H3. The number of sulfonamides is 1. The van der Waals surface area contributed by atoms with Crippen LogP contribution in [0.2, 0.25) is 5.02 Å². The summed E-state index contributed by atoms with van der Waals surface area (Å²) in [7, 11) is -3.75. The minimum Gasteiger partial charge on any atom is -0.339 e. The molecule has 0 saturated heterocycles. The van der Waals surface area contributed by atoms with E-state index >= 15 is 0 Å². The first-order chi connectivity index (χ1) is 12.4. The van der Waals surface area contributed by atoms with Gasteiger partial charge in [-0.3, -0.25) is 0 Å². The van der Waals surface area contributed by atoms with Crippen molar-refractivity contribution in [1.29, 1.82) is 0 Å². The molecule has 2 aromatic carbocycles. The molecule has 1 heterocycles. The van der Waals surface area contributed by atoms with E-state index in [1.54, 1.807) is 24.3 Å². The minimum atomic E-state index is -3.75. The van der Waals surface area contributed by atoms with Crippen LogP contribution >= 0.6 is 11.6 Å². The molecule has 0 unspecified atom stereocenters. The van der Waals surface area contributed by atoms with Crippen molar-refractivity contribution in [3.05, 3.63) is 64.8 Å². The van der Waals surface area contributed by atoms with E-state index in [2.05, 4.69) is 14.9 Å². The zero-order valence-corrected chi connectivity index (χ0v) is 15.3. The molecule has 3 rings (SSSR count). The highest BCUT2D eigenvalue weighted by atomic mass is 35.5. The van der Waals surface area contributed by atoms with E-state index in [1.165, 1.54) is 19.1 Å². The van der Waals surface area contributed by atoms with Gasteiger partial charge in [0.1, 0.15) is 5.82 Å². The highest BCUT2D eigenvalue weighted by Gasteiger charge is 2.16. The molecular formula is C17H15ClFN3O3S. The predicted octanol–water partition coefficient (Wildman–Crippen LogP) is 3.36. The SMILES string of the molecule is Cc1cc(S(=O)(=O)NCCc2nc(-c3ccccc3Cl)no2)ccc1F. The molecule has 136 valence electrons. The van der Waals surface area contributed by atoms with Gasteiger partial charge in [0.2, 0.25) is 21.7 Å². The highest BCUT2D eigenvalue weighted by Crippen LogP contribution is 2.24. The number of benzene rings is 2. The highest BCUT2D eigenvalue weighted by molar-refractivity contribution is 7.89. The van der Waals surface area contributed by atoms with Crippen molar-refractivity contribution in [3.63, 3.8) is 0 Å². The molecule has 0 radical (unpaired) electrons. The van der Waals surface area contributed by atoms with Crippen LogP contribution in [0.15, 0.2) is 51.9 Å². The molecule has 6 nitrogen and oxygen atoms in total. The summed E-state index contributed by atoms with van der Waals surface area (Å²) in [5, 5.41) is 4.35. The number of nitrogens with zero attached hydrogens (tertiary/aromatic N) is 2. The van der Waals surface area contributed by atoms with Crippen molar-refractivity contribution < 1.29 is 17.3 Å². The second-order valence-electron chi connectivity index (χ2n) is 5.55. The number of hydrogen-bond acceptors (Lipinski definition) is 5. The molecule has 3 aromatic rings. The molecule has 26 heavy (non-hydrogen) atoms. The Morgan fingerprint density at radius 1 is 1.23 bits per heavy atom. The Kier molecular flexibility index (Phi) is 5.36. The fraction of sp³-hybridized carbons (Fsp3) is 0.176. The third-order valence-electron chi connectivity index (χ3n) is 3.65. The lowest BCUT2D eigenvalue weighted by molar-refractivity contribution is 0.379. The largest absolute Gasteiger partial charge is 0.339 e. The number of hydrogen-bond donors (Lipinski definition) is 1.